The molecule has 0 saturated carbocycles. The lowest BCUT2D eigenvalue weighted by Crippen LogP contribution is -2.30. The number of ether oxygens (including phenoxy) is 3. The zero-order valence-corrected chi connectivity index (χ0v) is 54.4. The predicted octanol–water partition coefficient (Wildman–Crippen LogP) is 24.3. The third-order valence-electron chi connectivity index (χ3n) is 15.0. The van der Waals surface area contributed by atoms with E-state index in [-0.39, 0.29) is 31.1 Å². The average molecular weight is 1150 g/mol. The minimum Gasteiger partial charge on any atom is -0.462 e. The van der Waals surface area contributed by atoms with Crippen LogP contribution in [0, 0.1) is 0 Å². The molecule has 0 aliphatic rings. The Kier molecular flexibility index (Phi) is 66.7. The van der Waals surface area contributed by atoms with Crippen LogP contribution < -0.4 is 0 Å². The molecule has 0 aliphatic carbocycles. The van der Waals surface area contributed by atoms with Gasteiger partial charge in [-0.15, -0.1) is 0 Å². The van der Waals surface area contributed by atoms with E-state index in [1.54, 1.807) is 0 Å². The smallest absolute Gasteiger partial charge is 0.306 e. The lowest BCUT2D eigenvalue weighted by molar-refractivity contribution is -0.167. The van der Waals surface area contributed by atoms with Crippen molar-refractivity contribution in [2.45, 2.75) is 335 Å². The van der Waals surface area contributed by atoms with Crippen molar-refractivity contribution in [3.8, 4) is 0 Å². The largest absolute Gasteiger partial charge is 0.462 e. The maximum absolute atomic E-state index is 12.9. The van der Waals surface area contributed by atoms with Gasteiger partial charge in [0.25, 0.3) is 0 Å². The van der Waals surface area contributed by atoms with Gasteiger partial charge in [0.2, 0.25) is 0 Å². The average Bonchev–Trinajstić information content (AvgIpc) is 3.49. The van der Waals surface area contributed by atoms with Gasteiger partial charge in [-0.05, 0) is 116 Å². The molecule has 0 aliphatic heterocycles. The topological polar surface area (TPSA) is 78.9 Å². The Balaban J connectivity index is 4.29. The van der Waals surface area contributed by atoms with Gasteiger partial charge < -0.3 is 14.2 Å². The van der Waals surface area contributed by atoms with Crippen LogP contribution >= 0.6 is 0 Å². The van der Waals surface area contributed by atoms with E-state index in [1.165, 1.54) is 167 Å². The molecule has 0 heterocycles. The molecule has 474 valence electrons. The Hall–Kier alpha value is -4.19. The molecule has 0 amide bonds. The zero-order valence-electron chi connectivity index (χ0n) is 54.4. The fraction of sp³-hybridized carbons (Fsp3) is 0.701. The summed E-state index contributed by atoms with van der Waals surface area (Å²) >= 11 is 0. The minimum atomic E-state index is -0.786. The van der Waals surface area contributed by atoms with Crippen molar-refractivity contribution in [2.75, 3.05) is 13.2 Å². The van der Waals surface area contributed by atoms with E-state index in [0.29, 0.717) is 19.3 Å². The molecule has 0 spiro atoms. The molecule has 0 fully saturated rings. The lowest BCUT2D eigenvalue weighted by atomic mass is 10.0. The summed E-state index contributed by atoms with van der Waals surface area (Å²) < 4.78 is 17.0. The highest BCUT2D eigenvalue weighted by Crippen LogP contribution is 2.17. The van der Waals surface area contributed by atoms with Gasteiger partial charge in [0.05, 0.1) is 0 Å². The number of hydrogen-bond acceptors (Lipinski definition) is 6. The molecule has 0 aromatic heterocycles. The molecule has 0 N–H and O–H groups in total. The van der Waals surface area contributed by atoms with Crippen LogP contribution in [0.4, 0.5) is 0 Å². The third-order valence-corrected chi connectivity index (χ3v) is 15.0. The molecule has 0 bridgehead atoms. The van der Waals surface area contributed by atoms with E-state index in [9.17, 15) is 14.4 Å². The number of carbonyl (C=O) groups is 3. The Bertz CT molecular complexity index is 1700. The first-order chi connectivity index (χ1) is 41.0. The maximum atomic E-state index is 12.9. The van der Waals surface area contributed by atoms with Crippen molar-refractivity contribution in [3.63, 3.8) is 0 Å². The van der Waals surface area contributed by atoms with E-state index < -0.39 is 6.10 Å². The van der Waals surface area contributed by atoms with Gasteiger partial charge in [-0.1, -0.05) is 316 Å². The van der Waals surface area contributed by atoms with Crippen LogP contribution in [-0.2, 0) is 28.6 Å². The molecule has 0 saturated heterocycles. The molecule has 1 unspecified atom stereocenters. The second-order valence-electron chi connectivity index (χ2n) is 23.1. The molecule has 1 atom stereocenters. The van der Waals surface area contributed by atoms with Gasteiger partial charge in [0.15, 0.2) is 6.10 Å². The highest BCUT2D eigenvalue weighted by Gasteiger charge is 2.19. The summed E-state index contributed by atoms with van der Waals surface area (Å²) in [6.45, 7) is 6.52. The number of unbranched alkanes of at least 4 members (excludes halogenated alkanes) is 32. The van der Waals surface area contributed by atoms with E-state index >= 15 is 0 Å². The lowest BCUT2D eigenvalue weighted by Gasteiger charge is -2.18. The Morgan fingerprint density at radius 1 is 0.253 bits per heavy atom. The van der Waals surface area contributed by atoms with Gasteiger partial charge >= 0.3 is 17.9 Å². The molecule has 0 radical (unpaired) electrons. The van der Waals surface area contributed by atoms with Crippen LogP contribution in [0.15, 0.2) is 122 Å². The van der Waals surface area contributed by atoms with Crippen LogP contribution in [0.5, 0.6) is 0 Å². The standard InChI is InChI=1S/C77H130O6/c1-4-7-10-13-16-19-22-25-27-29-31-32-33-34-35-36-37-38-39-40-41-42-43-44-46-47-49-52-55-58-61-64-67-70-76(79)82-73-74(72-81-75(78)69-66-63-60-57-54-51-24-21-18-15-12-9-6-3)83-77(80)71-68-65-62-59-56-53-50-48-45-30-28-26-23-20-17-14-11-8-5-2/h7,10,16-17,19-20,25-28,31-32,34-35,37-38,40-41,43-44,74H,4-6,8-9,11-15,18,21-24,29-30,33,36,39,42,45-73H2,1-3H3/b10-7-,19-16-,20-17-,27-25-,28-26-,32-31-,35-34-,38-37-,41-40-,44-43-. The van der Waals surface area contributed by atoms with E-state index in [0.717, 1.165) is 122 Å². The van der Waals surface area contributed by atoms with Crippen LogP contribution in [-0.4, -0.2) is 37.2 Å². The van der Waals surface area contributed by atoms with Crippen molar-refractivity contribution in [3.05, 3.63) is 122 Å². The molecule has 0 aromatic carbocycles. The molecule has 6 nitrogen and oxygen atoms in total. The third kappa shape index (κ3) is 68.5. The number of esters is 3. The van der Waals surface area contributed by atoms with Crippen LogP contribution in [0.3, 0.4) is 0 Å². The Morgan fingerprint density at radius 2 is 0.470 bits per heavy atom. The molecule has 83 heavy (non-hydrogen) atoms. The summed E-state index contributed by atoms with van der Waals surface area (Å²) in [7, 11) is 0. The Morgan fingerprint density at radius 3 is 0.759 bits per heavy atom. The quantitative estimate of drug-likeness (QED) is 0.0261. The first-order valence-electron chi connectivity index (χ1n) is 35.0. The van der Waals surface area contributed by atoms with E-state index in [4.69, 9.17) is 14.2 Å². The van der Waals surface area contributed by atoms with Crippen molar-refractivity contribution in [1.29, 1.82) is 0 Å². The number of carbonyl (C=O) groups excluding carboxylic acids is 3. The number of hydrogen-bond donors (Lipinski definition) is 0. The molecule has 0 aromatic rings. The van der Waals surface area contributed by atoms with Crippen LogP contribution in [0.1, 0.15) is 329 Å². The summed E-state index contributed by atoms with van der Waals surface area (Å²) in [5.74, 6) is -0.882. The van der Waals surface area contributed by atoms with Crippen molar-refractivity contribution >= 4 is 17.9 Å². The summed E-state index contributed by atoms with van der Waals surface area (Å²) in [5, 5.41) is 0. The normalized spacial score (nSPS) is 12.9. The van der Waals surface area contributed by atoms with E-state index in [1.807, 2.05) is 0 Å². The summed E-state index contributed by atoms with van der Waals surface area (Å²) in [5.41, 5.74) is 0. The van der Waals surface area contributed by atoms with E-state index in [2.05, 4.69) is 142 Å². The van der Waals surface area contributed by atoms with Crippen molar-refractivity contribution in [1.82, 2.24) is 0 Å². The molecule has 6 heteroatoms. The second kappa shape index (κ2) is 70.3. The molecule has 0 rings (SSSR count). The van der Waals surface area contributed by atoms with Crippen LogP contribution in [0.2, 0.25) is 0 Å². The van der Waals surface area contributed by atoms with Crippen molar-refractivity contribution in [2.24, 2.45) is 0 Å². The first-order valence-corrected chi connectivity index (χ1v) is 35.0. The second-order valence-corrected chi connectivity index (χ2v) is 23.1. The zero-order chi connectivity index (χ0) is 59.9. The number of allylic oxidation sites excluding steroid dienone is 20. The summed E-state index contributed by atoms with van der Waals surface area (Å²) in [6.07, 6.45) is 97.8. The highest BCUT2D eigenvalue weighted by molar-refractivity contribution is 5.71. The van der Waals surface area contributed by atoms with Gasteiger partial charge in [-0.3, -0.25) is 14.4 Å². The van der Waals surface area contributed by atoms with Crippen molar-refractivity contribution < 1.29 is 28.6 Å². The van der Waals surface area contributed by atoms with Crippen LogP contribution in [0.25, 0.3) is 0 Å². The summed E-state index contributed by atoms with van der Waals surface area (Å²) in [4.78, 5) is 38.4. The van der Waals surface area contributed by atoms with Gasteiger partial charge in [-0.2, -0.15) is 0 Å². The highest BCUT2D eigenvalue weighted by atomic mass is 16.6. The fourth-order valence-electron chi connectivity index (χ4n) is 9.73. The first kappa shape index (κ1) is 78.8. The minimum absolute atomic E-state index is 0.0803. The molecular weight excluding hydrogens is 1020 g/mol. The maximum Gasteiger partial charge on any atom is 0.306 e. The SMILES string of the molecule is CC/C=C\C/C=C\C/C=C\C/C=C\C/C=C\C/C=C\C/C=C\C/C=C\CCCCCCCCCCC(=O)OCC(COC(=O)CCCCCCCCCCCCCCC)OC(=O)CCCCCCCCCCC/C=C\C/C=C\CCCCC. The van der Waals surface area contributed by atoms with Gasteiger partial charge in [0.1, 0.15) is 13.2 Å². The Labute approximate surface area is 513 Å². The monoisotopic (exact) mass is 1150 g/mol. The van der Waals surface area contributed by atoms with Gasteiger partial charge in [0, 0.05) is 19.3 Å². The predicted molar refractivity (Wildman–Crippen MR) is 362 cm³/mol. The summed E-state index contributed by atoms with van der Waals surface area (Å²) in [6, 6.07) is 0. The van der Waals surface area contributed by atoms with Gasteiger partial charge in [-0.25, -0.2) is 0 Å². The molecular formula is C77H130O6. The fourth-order valence-corrected chi connectivity index (χ4v) is 9.73. The number of rotatable bonds is 63.